The normalized spacial score (nSPS) is 23.9. The minimum Gasteiger partial charge on any atom is -0.466 e. The number of rotatable bonds is 2. The van der Waals surface area contributed by atoms with Crippen LogP contribution in [0.5, 0.6) is 0 Å². The summed E-state index contributed by atoms with van der Waals surface area (Å²) in [5, 5.41) is 4.33. The zero-order valence-corrected chi connectivity index (χ0v) is 13.0. The first kappa shape index (κ1) is 14.8. The van der Waals surface area contributed by atoms with Gasteiger partial charge in [-0.2, -0.15) is 5.10 Å². The van der Waals surface area contributed by atoms with Gasteiger partial charge in [-0.05, 0) is 50.5 Å². The highest BCUT2D eigenvalue weighted by Gasteiger charge is 2.29. The number of nitrogens with one attached hydrogen (secondary N) is 1. The number of furan rings is 1. The third-order valence-electron chi connectivity index (χ3n) is 3.77. The molecule has 0 radical (unpaired) electrons. The summed E-state index contributed by atoms with van der Waals surface area (Å²) in [6, 6.07) is 1.75. The Kier molecular flexibility index (Phi) is 4.02. The van der Waals surface area contributed by atoms with Crippen LogP contribution < -0.4 is 5.43 Å². The van der Waals surface area contributed by atoms with Crippen molar-refractivity contribution in [2.24, 2.45) is 16.4 Å². The van der Waals surface area contributed by atoms with E-state index < -0.39 is 0 Å². The van der Waals surface area contributed by atoms with E-state index in [1.54, 1.807) is 13.0 Å². The minimum atomic E-state index is -0.192. The molecule has 1 aromatic rings. The number of aryl methyl sites for hydroxylation is 2. The average Bonchev–Trinajstić information content (AvgIpc) is 2.63. The number of hydrazone groups is 1. The van der Waals surface area contributed by atoms with Gasteiger partial charge in [-0.25, -0.2) is 5.43 Å². The SMILES string of the molecule is Cc1cc(C(=O)N/N=C2\C[C@@H](C)CC(C)(C)C2)c(C)o1. The van der Waals surface area contributed by atoms with Crippen molar-refractivity contribution in [3.05, 3.63) is 23.2 Å². The van der Waals surface area contributed by atoms with Crippen LogP contribution in [0.1, 0.15) is 61.9 Å². The molecule has 1 heterocycles. The highest BCUT2D eigenvalue weighted by Crippen LogP contribution is 2.36. The van der Waals surface area contributed by atoms with Crippen LogP contribution in [-0.2, 0) is 0 Å². The smallest absolute Gasteiger partial charge is 0.274 e. The number of amides is 1. The minimum absolute atomic E-state index is 0.192. The van der Waals surface area contributed by atoms with Crippen LogP contribution in [0.25, 0.3) is 0 Å². The Bertz CT molecular complexity index is 541. The molecule has 110 valence electrons. The lowest BCUT2D eigenvalue weighted by atomic mass is 9.72. The summed E-state index contributed by atoms with van der Waals surface area (Å²) in [5.41, 5.74) is 4.59. The molecule has 1 aliphatic carbocycles. The predicted molar refractivity (Wildman–Crippen MR) is 79.9 cm³/mol. The van der Waals surface area contributed by atoms with Crippen molar-refractivity contribution in [1.29, 1.82) is 0 Å². The fourth-order valence-corrected chi connectivity index (χ4v) is 3.25. The molecule has 0 aromatic carbocycles. The molecular weight excluding hydrogens is 252 g/mol. The molecule has 0 unspecified atom stereocenters. The van der Waals surface area contributed by atoms with Gasteiger partial charge in [0.25, 0.3) is 5.91 Å². The van der Waals surface area contributed by atoms with Gasteiger partial charge in [-0.15, -0.1) is 0 Å². The van der Waals surface area contributed by atoms with Crippen molar-refractivity contribution in [3.63, 3.8) is 0 Å². The number of carbonyl (C=O) groups excluding carboxylic acids is 1. The molecule has 4 heteroatoms. The van der Waals surface area contributed by atoms with Crippen molar-refractivity contribution in [1.82, 2.24) is 5.43 Å². The third-order valence-corrected chi connectivity index (χ3v) is 3.77. The molecule has 0 saturated heterocycles. The first-order valence-corrected chi connectivity index (χ1v) is 7.19. The molecule has 20 heavy (non-hydrogen) atoms. The van der Waals surface area contributed by atoms with Crippen molar-refractivity contribution < 1.29 is 9.21 Å². The summed E-state index contributed by atoms with van der Waals surface area (Å²) in [7, 11) is 0. The maximum absolute atomic E-state index is 12.1. The second-order valence-electron chi connectivity index (χ2n) is 6.80. The van der Waals surface area contributed by atoms with E-state index in [9.17, 15) is 4.79 Å². The number of nitrogens with zero attached hydrogens (tertiary/aromatic N) is 1. The molecule has 0 bridgehead atoms. The van der Waals surface area contributed by atoms with E-state index in [1.807, 2.05) is 6.92 Å². The summed E-state index contributed by atoms with van der Waals surface area (Å²) in [5.74, 6) is 1.81. The number of hydrogen-bond donors (Lipinski definition) is 1. The Labute approximate surface area is 120 Å². The van der Waals surface area contributed by atoms with Gasteiger partial charge >= 0.3 is 0 Å². The van der Waals surface area contributed by atoms with Gasteiger partial charge in [0.1, 0.15) is 11.5 Å². The van der Waals surface area contributed by atoms with Gasteiger partial charge in [0.05, 0.1) is 5.56 Å². The van der Waals surface area contributed by atoms with Gasteiger partial charge in [0.2, 0.25) is 0 Å². The lowest BCUT2D eigenvalue weighted by molar-refractivity contribution is 0.0952. The zero-order valence-electron chi connectivity index (χ0n) is 13.0. The van der Waals surface area contributed by atoms with E-state index in [0.29, 0.717) is 17.2 Å². The lowest BCUT2D eigenvalue weighted by Gasteiger charge is -2.34. The van der Waals surface area contributed by atoms with Gasteiger partial charge in [0, 0.05) is 5.71 Å². The first-order valence-electron chi connectivity index (χ1n) is 7.19. The van der Waals surface area contributed by atoms with Crippen molar-refractivity contribution >= 4 is 11.6 Å². The summed E-state index contributed by atoms with van der Waals surface area (Å²) in [6.07, 6.45) is 3.12. The van der Waals surface area contributed by atoms with Crippen LogP contribution in [-0.4, -0.2) is 11.6 Å². The van der Waals surface area contributed by atoms with Crippen LogP contribution in [0, 0.1) is 25.2 Å². The molecular formula is C16H24N2O2. The van der Waals surface area contributed by atoms with Gasteiger partial charge in [0.15, 0.2) is 0 Å². The van der Waals surface area contributed by atoms with E-state index in [0.717, 1.165) is 24.3 Å². The Morgan fingerprint density at radius 2 is 2.15 bits per heavy atom. The molecule has 1 aliphatic rings. The molecule has 1 N–H and O–H groups in total. The Balaban J connectivity index is 2.05. The topological polar surface area (TPSA) is 54.6 Å². The molecule has 2 rings (SSSR count). The standard InChI is InChI=1S/C16H24N2O2/c1-10-6-13(9-16(4,5)8-10)17-18-15(19)14-7-11(2)20-12(14)3/h7,10H,6,8-9H2,1-5H3,(H,18,19)/b17-13+/t10-/m1/s1. The Hall–Kier alpha value is -1.58. The van der Waals surface area contributed by atoms with Crippen LogP contribution in [0.4, 0.5) is 0 Å². The van der Waals surface area contributed by atoms with Gasteiger partial charge in [-0.1, -0.05) is 20.8 Å². The maximum Gasteiger partial charge on any atom is 0.274 e. The number of carbonyl (C=O) groups is 1. The molecule has 0 aliphatic heterocycles. The van der Waals surface area contributed by atoms with Gasteiger partial charge in [-0.3, -0.25) is 4.79 Å². The predicted octanol–water partition coefficient (Wildman–Crippen LogP) is 3.83. The molecule has 1 atom stereocenters. The van der Waals surface area contributed by atoms with E-state index >= 15 is 0 Å². The summed E-state index contributed by atoms with van der Waals surface area (Å²) in [6.45, 7) is 10.4. The maximum atomic E-state index is 12.1. The number of hydrogen-bond acceptors (Lipinski definition) is 3. The van der Waals surface area contributed by atoms with Crippen LogP contribution >= 0.6 is 0 Å². The quantitative estimate of drug-likeness (QED) is 0.835. The summed E-state index contributed by atoms with van der Waals surface area (Å²) < 4.78 is 5.37. The van der Waals surface area contributed by atoms with Crippen molar-refractivity contribution in [2.45, 2.75) is 53.9 Å². The summed E-state index contributed by atoms with van der Waals surface area (Å²) in [4.78, 5) is 12.1. The van der Waals surface area contributed by atoms with Crippen molar-refractivity contribution in [3.8, 4) is 0 Å². The monoisotopic (exact) mass is 276 g/mol. The van der Waals surface area contributed by atoms with Gasteiger partial charge < -0.3 is 4.42 Å². The van der Waals surface area contributed by atoms with E-state index in [2.05, 4.69) is 31.3 Å². The van der Waals surface area contributed by atoms with Crippen LogP contribution in [0.15, 0.2) is 15.6 Å². The van der Waals surface area contributed by atoms with E-state index in [1.165, 1.54) is 6.42 Å². The lowest BCUT2D eigenvalue weighted by Crippen LogP contribution is -2.30. The van der Waals surface area contributed by atoms with Crippen LogP contribution in [0.3, 0.4) is 0 Å². The highest BCUT2D eigenvalue weighted by atomic mass is 16.3. The molecule has 1 saturated carbocycles. The fourth-order valence-electron chi connectivity index (χ4n) is 3.25. The van der Waals surface area contributed by atoms with Crippen LogP contribution in [0.2, 0.25) is 0 Å². The molecule has 1 fully saturated rings. The van der Waals surface area contributed by atoms with Crippen molar-refractivity contribution in [2.75, 3.05) is 0 Å². The fraction of sp³-hybridized carbons (Fsp3) is 0.625. The molecule has 0 spiro atoms. The highest BCUT2D eigenvalue weighted by molar-refractivity contribution is 5.96. The van der Waals surface area contributed by atoms with E-state index in [4.69, 9.17) is 4.42 Å². The van der Waals surface area contributed by atoms with E-state index in [-0.39, 0.29) is 11.3 Å². The Morgan fingerprint density at radius 3 is 2.70 bits per heavy atom. The Morgan fingerprint density at radius 1 is 1.45 bits per heavy atom. The molecule has 1 aromatic heterocycles. The second-order valence-corrected chi connectivity index (χ2v) is 6.80. The second kappa shape index (κ2) is 5.43. The first-order chi connectivity index (χ1) is 9.27. The molecule has 1 amide bonds. The summed E-state index contributed by atoms with van der Waals surface area (Å²) >= 11 is 0. The molecule has 4 nitrogen and oxygen atoms in total. The largest absolute Gasteiger partial charge is 0.466 e. The zero-order chi connectivity index (χ0) is 14.9. The third kappa shape index (κ3) is 3.50. The average molecular weight is 276 g/mol.